The van der Waals surface area contributed by atoms with Crippen molar-refractivity contribution in [2.45, 2.75) is 6.92 Å². The maximum atomic E-state index is 11.8. The lowest BCUT2D eigenvalue weighted by atomic mass is 10.00. The van der Waals surface area contributed by atoms with Gasteiger partial charge >= 0.3 is 0 Å². The largest absolute Gasteiger partial charge is 0.508 e. The first-order chi connectivity index (χ1) is 9.06. The van der Waals surface area contributed by atoms with Crippen LogP contribution in [0.15, 0.2) is 29.1 Å². The van der Waals surface area contributed by atoms with Crippen molar-refractivity contribution in [3.8, 4) is 28.7 Å². The van der Waals surface area contributed by atoms with Crippen molar-refractivity contribution in [2.24, 2.45) is 0 Å². The number of aromatic nitrogens is 1. The summed E-state index contributed by atoms with van der Waals surface area (Å²) in [4.78, 5) is 14.3. The Balaban J connectivity index is 2.79. The van der Waals surface area contributed by atoms with Crippen LogP contribution in [0.3, 0.4) is 0 Å². The van der Waals surface area contributed by atoms with E-state index in [-0.39, 0.29) is 11.3 Å². The molecule has 0 bridgehead atoms. The highest BCUT2D eigenvalue weighted by atomic mass is 16.5. The van der Waals surface area contributed by atoms with Gasteiger partial charge in [0.15, 0.2) is 0 Å². The van der Waals surface area contributed by atoms with Gasteiger partial charge in [0.05, 0.1) is 7.11 Å². The second kappa shape index (κ2) is 4.86. The van der Waals surface area contributed by atoms with Crippen LogP contribution in [-0.4, -0.2) is 17.2 Å². The predicted molar refractivity (Wildman–Crippen MR) is 70.2 cm³/mol. The zero-order chi connectivity index (χ0) is 14.0. The van der Waals surface area contributed by atoms with E-state index in [0.29, 0.717) is 22.6 Å². The van der Waals surface area contributed by atoms with Crippen molar-refractivity contribution in [1.82, 2.24) is 4.98 Å². The number of nitrogens with one attached hydrogen (secondary N) is 1. The molecule has 0 unspecified atom stereocenters. The predicted octanol–water partition coefficient (Wildman–Crippen LogP) is 1.94. The Bertz CT molecular complexity index is 726. The smallest absolute Gasteiger partial charge is 0.266 e. The molecule has 1 aromatic heterocycles. The Morgan fingerprint density at radius 2 is 2.05 bits per heavy atom. The molecule has 0 saturated carbocycles. The minimum absolute atomic E-state index is 0.0228. The van der Waals surface area contributed by atoms with Crippen molar-refractivity contribution in [3.63, 3.8) is 0 Å². The van der Waals surface area contributed by atoms with Gasteiger partial charge in [0.1, 0.15) is 23.1 Å². The minimum Gasteiger partial charge on any atom is -0.508 e. The summed E-state index contributed by atoms with van der Waals surface area (Å²) in [5.41, 5.74) is 1.31. The van der Waals surface area contributed by atoms with E-state index in [1.54, 1.807) is 19.1 Å². The van der Waals surface area contributed by atoms with E-state index in [2.05, 4.69) is 4.98 Å². The Labute approximate surface area is 109 Å². The highest BCUT2D eigenvalue weighted by Gasteiger charge is 2.14. The number of aryl methyl sites for hydroxylation is 1. The number of phenolic OH excluding ortho intramolecular Hbond substituents is 1. The fourth-order valence-electron chi connectivity index (χ4n) is 1.91. The quantitative estimate of drug-likeness (QED) is 0.859. The molecule has 2 N–H and O–H groups in total. The molecule has 2 rings (SSSR count). The third kappa shape index (κ3) is 2.29. The number of rotatable bonds is 2. The van der Waals surface area contributed by atoms with Gasteiger partial charge in [0.2, 0.25) is 0 Å². The third-order valence-electron chi connectivity index (χ3n) is 2.76. The van der Waals surface area contributed by atoms with Crippen LogP contribution in [0.25, 0.3) is 11.1 Å². The zero-order valence-electron chi connectivity index (χ0n) is 10.5. The van der Waals surface area contributed by atoms with Crippen LogP contribution < -0.4 is 10.3 Å². The first kappa shape index (κ1) is 12.7. The number of H-pyrrole nitrogens is 1. The molecule has 1 heterocycles. The molecule has 0 amide bonds. The molecule has 0 saturated heterocycles. The van der Waals surface area contributed by atoms with Crippen LogP contribution >= 0.6 is 0 Å². The monoisotopic (exact) mass is 256 g/mol. The molecule has 0 radical (unpaired) electrons. The lowest BCUT2D eigenvalue weighted by molar-refractivity contribution is 0.409. The summed E-state index contributed by atoms with van der Waals surface area (Å²) in [6.45, 7) is 1.74. The fraction of sp³-hybridized carbons (Fsp3) is 0.143. The maximum absolute atomic E-state index is 11.8. The molecule has 19 heavy (non-hydrogen) atoms. The maximum Gasteiger partial charge on any atom is 0.266 e. The molecule has 2 aromatic rings. The lowest BCUT2D eigenvalue weighted by Gasteiger charge is -2.10. The number of benzene rings is 1. The minimum atomic E-state index is -0.437. The van der Waals surface area contributed by atoms with Crippen molar-refractivity contribution >= 4 is 0 Å². The first-order valence-electron chi connectivity index (χ1n) is 5.58. The highest BCUT2D eigenvalue weighted by Crippen LogP contribution is 2.33. The summed E-state index contributed by atoms with van der Waals surface area (Å²) in [6.07, 6.45) is 0. The SMILES string of the molecule is COc1cc(O)ccc1-c1cc(C)[nH]c(=O)c1C#N. The van der Waals surface area contributed by atoms with Gasteiger partial charge in [-0.15, -0.1) is 0 Å². The number of nitrogens with zero attached hydrogens (tertiary/aromatic N) is 1. The van der Waals surface area contributed by atoms with Crippen LogP contribution in [0.4, 0.5) is 0 Å². The lowest BCUT2D eigenvalue weighted by Crippen LogP contribution is -2.12. The van der Waals surface area contributed by atoms with Gasteiger partial charge in [-0.05, 0) is 25.1 Å². The zero-order valence-corrected chi connectivity index (χ0v) is 10.5. The second-order valence-electron chi connectivity index (χ2n) is 4.07. The van der Waals surface area contributed by atoms with E-state index in [1.807, 2.05) is 6.07 Å². The average molecular weight is 256 g/mol. The van der Waals surface area contributed by atoms with E-state index in [9.17, 15) is 9.90 Å². The molecule has 0 aliphatic rings. The number of aromatic amines is 1. The van der Waals surface area contributed by atoms with Gasteiger partial charge in [-0.25, -0.2) is 0 Å². The van der Waals surface area contributed by atoms with Gasteiger partial charge in [-0.3, -0.25) is 4.79 Å². The molecule has 5 nitrogen and oxygen atoms in total. The summed E-state index contributed by atoms with van der Waals surface area (Å²) in [7, 11) is 1.46. The summed E-state index contributed by atoms with van der Waals surface area (Å²) in [5.74, 6) is 0.460. The molecule has 0 spiro atoms. The molecule has 0 atom stereocenters. The van der Waals surface area contributed by atoms with Crippen LogP contribution in [-0.2, 0) is 0 Å². The molecule has 5 heteroatoms. The van der Waals surface area contributed by atoms with E-state index in [0.717, 1.165) is 0 Å². The first-order valence-corrected chi connectivity index (χ1v) is 5.58. The summed E-state index contributed by atoms with van der Waals surface area (Å²) >= 11 is 0. The molecule has 0 aliphatic heterocycles. The van der Waals surface area contributed by atoms with Crippen molar-refractivity contribution in [1.29, 1.82) is 5.26 Å². The summed E-state index contributed by atoms with van der Waals surface area (Å²) < 4.78 is 5.18. The Hall–Kier alpha value is -2.74. The van der Waals surface area contributed by atoms with Crippen molar-refractivity contribution in [2.75, 3.05) is 7.11 Å². The van der Waals surface area contributed by atoms with Gasteiger partial charge in [-0.1, -0.05) is 0 Å². The van der Waals surface area contributed by atoms with E-state index in [4.69, 9.17) is 10.00 Å². The normalized spacial score (nSPS) is 9.95. The number of phenols is 1. The van der Waals surface area contributed by atoms with E-state index in [1.165, 1.54) is 19.2 Å². The highest BCUT2D eigenvalue weighted by molar-refractivity contribution is 5.76. The number of ether oxygens (including phenoxy) is 1. The number of methoxy groups -OCH3 is 1. The topological polar surface area (TPSA) is 86.1 Å². The van der Waals surface area contributed by atoms with E-state index >= 15 is 0 Å². The van der Waals surface area contributed by atoms with Gasteiger partial charge in [0, 0.05) is 22.9 Å². The molecular formula is C14H12N2O3. The fourth-order valence-corrected chi connectivity index (χ4v) is 1.91. The average Bonchev–Trinajstić information content (AvgIpc) is 2.37. The molecule has 0 fully saturated rings. The summed E-state index contributed by atoms with van der Waals surface area (Å²) in [6, 6.07) is 8.13. The van der Waals surface area contributed by atoms with Gasteiger partial charge < -0.3 is 14.8 Å². The van der Waals surface area contributed by atoms with Crippen LogP contribution in [0, 0.1) is 18.3 Å². The number of nitriles is 1. The Morgan fingerprint density at radius 1 is 1.32 bits per heavy atom. The van der Waals surface area contributed by atoms with Gasteiger partial charge in [0.25, 0.3) is 5.56 Å². The number of aromatic hydroxyl groups is 1. The van der Waals surface area contributed by atoms with E-state index < -0.39 is 5.56 Å². The molecule has 0 aliphatic carbocycles. The molecular weight excluding hydrogens is 244 g/mol. The van der Waals surface area contributed by atoms with Crippen LogP contribution in [0.1, 0.15) is 11.3 Å². The summed E-state index contributed by atoms with van der Waals surface area (Å²) in [5, 5.41) is 18.5. The van der Waals surface area contributed by atoms with Gasteiger partial charge in [-0.2, -0.15) is 5.26 Å². The third-order valence-corrected chi connectivity index (χ3v) is 2.76. The van der Waals surface area contributed by atoms with Crippen molar-refractivity contribution in [3.05, 3.63) is 45.9 Å². The molecule has 1 aromatic carbocycles. The van der Waals surface area contributed by atoms with Crippen LogP contribution in [0.5, 0.6) is 11.5 Å². The molecule has 96 valence electrons. The Morgan fingerprint density at radius 3 is 2.68 bits per heavy atom. The van der Waals surface area contributed by atoms with Crippen molar-refractivity contribution < 1.29 is 9.84 Å². The van der Waals surface area contributed by atoms with Crippen LogP contribution in [0.2, 0.25) is 0 Å². The number of hydrogen-bond donors (Lipinski definition) is 2. The standard InChI is InChI=1S/C14H12N2O3/c1-8-5-11(12(7-15)14(18)16-8)10-4-3-9(17)6-13(10)19-2/h3-6,17H,1-2H3,(H,16,18). The number of hydrogen-bond acceptors (Lipinski definition) is 4. The Kier molecular flexibility index (Phi) is 3.25. The second-order valence-corrected chi connectivity index (χ2v) is 4.07. The number of pyridine rings is 1.